The summed E-state index contributed by atoms with van der Waals surface area (Å²) in [5.41, 5.74) is 4.35. The van der Waals surface area contributed by atoms with E-state index in [1.807, 2.05) is 7.11 Å². The second-order valence-corrected chi connectivity index (χ2v) is 6.90. The molecule has 0 aromatic heterocycles. The number of rotatable bonds is 3. The van der Waals surface area contributed by atoms with Crippen LogP contribution in [0.25, 0.3) is 5.57 Å². The van der Waals surface area contributed by atoms with Crippen LogP contribution in [0.4, 0.5) is 0 Å². The first-order valence-electron chi connectivity index (χ1n) is 8.55. The molecule has 1 unspecified atom stereocenters. The Morgan fingerprint density at radius 2 is 1.62 bits per heavy atom. The fourth-order valence-electron chi connectivity index (χ4n) is 4.11. The molecule has 0 radical (unpaired) electrons. The number of hydrogen-bond acceptors (Lipinski definition) is 1. The highest BCUT2D eigenvalue weighted by molar-refractivity contribution is 5.66. The molecule has 2 aliphatic rings. The van der Waals surface area contributed by atoms with Crippen molar-refractivity contribution in [2.24, 2.45) is 11.8 Å². The highest BCUT2D eigenvalue weighted by Crippen LogP contribution is 2.40. The predicted molar refractivity (Wildman–Crippen MR) is 89.3 cm³/mol. The molecule has 0 saturated heterocycles. The molecule has 0 N–H and O–H groups in total. The first kappa shape index (κ1) is 14.8. The van der Waals surface area contributed by atoms with E-state index in [4.69, 9.17) is 4.74 Å². The Hall–Kier alpha value is -1.08. The standard InChI is InChI=1S/C20H28O/c1-15-3-5-16(6-4-15)17-7-9-18(10-8-17)19-11-13-20(21-2)14-12-19/h3-7,18-20H,8-14H2,1-2H3. The monoisotopic (exact) mass is 284 g/mol. The van der Waals surface area contributed by atoms with Gasteiger partial charge in [0.2, 0.25) is 0 Å². The van der Waals surface area contributed by atoms with Crippen molar-refractivity contribution in [1.29, 1.82) is 0 Å². The molecule has 114 valence electrons. The van der Waals surface area contributed by atoms with E-state index in [1.54, 1.807) is 5.57 Å². The molecule has 1 aromatic carbocycles. The van der Waals surface area contributed by atoms with Gasteiger partial charge in [-0.2, -0.15) is 0 Å². The molecule has 0 heterocycles. The zero-order valence-corrected chi connectivity index (χ0v) is 13.5. The van der Waals surface area contributed by atoms with Gasteiger partial charge in [-0.1, -0.05) is 35.9 Å². The SMILES string of the molecule is COC1CCC(C2CC=C(c3ccc(C)cc3)CC2)CC1. The van der Waals surface area contributed by atoms with Gasteiger partial charge in [-0.25, -0.2) is 0 Å². The number of aryl methyl sites for hydroxylation is 1. The van der Waals surface area contributed by atoms with Crippen LogP contribution in [0, 0.1) is 18.8 Å². The lowest BCUT2D eigenvalue weighted by Gasteiger charge is -2.35. The third-order valence-electron chi connectivity index (χ3n) is 5.59. The van der Waals surface area contributed by atoms with Crippen LogP contribution >= 0.6 is 0 Å². The van der Waals surface area contributed by atoms with Gasteiger partial charge in [-0.15, -0.1) is 0 Å². The third kappa shape index (κ3) is 3.58. The molecule has 3 rings (SSSR count). The third-order valence-corrected chi connectivity index (χ3v) is 5.59. The normalized spacial score (nSPS) is 30.0. The predicted octanol–water partition coefficient (Wildman–Crippen LogP) is 5.38. The first-order chi connectivity index (χ1) is 10.3. The summed E-state index contributed by atoms with van der Waals surface area (Å²) in [4.78, 5) is 0. The van der Waals surface area contributed by atoms with Crippen molar-refractivity contribution < 1.29 is 4.74 Å². The molecule has 2 aliphatic carbocycles. The van der Waals surface area contributed by atoms with Crippen LogP contribution in [-0.2, 0) is 4.74 Å². The van der Waals surface area contributed by atoms with E-state index >= 15 is 0 Å². The molecule has 1 heteroatoms. The van der Waals surface area contributed by atoms with Crippen molar-refractivity contribution in [3.8, 4) is 0 Å². The Labute approximate surface area is 129 Å². The minimum absolute atomic E-state index is 0.531. The molecule has 1 saturated carbocycles. The van der Waals surface area contributed by atoms with Crippen LogP contribution in [0.15, 0.2) is 30.3 Å². The highest BCUT2D eigenvalue weighted by atomic mass is 16.5. The van der Waals surface area contributed by atoms with Crippen molar-refractivity contribution in [1.82, 2.24) is 0 Å². The van der Waals surface area contributed by atoms with Gasteiger partial charge in [0, 0.05) is 7.11 Å². The summed E-state index contributed by atoms with van der Waals surface area (Å²) in [5.74, 6) is 1.85. The van der Waals surface area contributed by atoms with Gasteiger partial charge in [0.05, 0.1) is 6.10 Å². The minimum atomic E-state index is 0.531. The summed E-state index contributed by atoms with van der Waals surface area (Å²) in [7, 11) is 1.86. The minimum Gasteiger partial charge on any atom is -0.381 e. The van der Waals surface area contributed by atoms with Gasteiger partial charge in [-0.3, -0.25) is 0 Å². The van der Waals surface area contributed by atoms with E-state index in [1.165, 1.54) is 56.1 Å². The lowest BCUT2D eigenvalue weighted by atomic mass is 9.73. The van der Waals surface area contributed by atoms with Crippen molar-refractivity contribution in [2.75, 3.05) is 7.11 Å². The molecule has 1 aromatic rings. The van der Waals surface area contributed by atoms with Gasteiger partial charge < -0.3 is 4.74 Å². The van der Waals surface area contributed by atoms with E-state index in [-0.39, 0.29) is 0 Å². The van der Waals surface area contributed by atoms with Gasteiger partial charge in [-0.05, 0) is 74.8 Å². The van der Waals surface area contributed by atoms with E-state index in [0.29, 0.717) is 6.10 Å². The van der Waals surface area contributed by atoms with Gasteiger partial charge in [0.15, 0.2) is 0 Å². The molecule has 1 atom stereocenters. The average molecular weight is 284 g/mol. The molecule has 0 amide bonds. The zero-order chi connectivity index (χ0) is 14.7. The Bertz CT molecular complexity index is 477. The summed E-state index contributed by atoms with van der Waals surface area (Å²) < 4.78 is 5.50. The quantitative estimate of drug-likeness (QED) is 0.723. The lowest BCUT2D eigenvalue weighted by molar-refractivity contribution is 0.0454. The Morgan fingerprint density at radius 1 is 0.905 bits per heavy atom. The average Bonchev–Trinajstić information content (AvgIpc) is 2.56. The number of ether oxygens (including phenoxy) is 1. The summed E-state index contributed by atoms with van der Waals surface area (Å²) in [6.45, 7) is 2.16. The number of methoxy groups -OCH3 is 1. The van der Waals surface area contributed by atoms with Gasteiger partial charge >= 0.3 is 0 Å². The van der Waals surface area contributed by atoms with E-state index in [0.717, 1.165) is 11.8 Å². The Balaban J connectivity index is 1.58. The molecule has 1 fully saturated rings. The van der Waals surface area contributed by atoms with Crippen LogP contribution in [0.3, 0.4) is 0 Å². The van der Waals surface area contributed by atoms with E-state index in [2.05, 4.69) is 37.3 Å². The first-order valence-corrected chi connectivity index (χ1v) is 8.55. The maximum Gasteiger partial charge on any atom is 0.0571 e. The largest absolute Gasteiger partial charge is 0.381 e. The Morgan fingerprint density at radius 3 is 2.19 bits per heavy atom. The maximum absolute atomic E-state index is 5.50. The number of benzene rings is 1. The number of hydrogen-bond donors (Lipinski definition) is 0. The van der Waals surface area contributed by atoms with Crippen LogP contribution in [0.2, 0.25) is 0 Å². The molecule has 0 bridgehead atoms. The van der Waals surface area contributed by atoms with Crippen LogP contribution < -0.4 is 0 Å². The summed E-state index contributed by atoms with van der Waals surface area (Å²) in [6, 6.07) is 9.03. The molecular formula is C20H28O. The van der Waals surface area contributed by atoms with Crippen molar-refractivity contribution in [3.63, 3.8) is 0 Å². The molecule has 1 nitrogen and oxygen atoms in total. The van der Waals surface area contributed by atoms with Crippen molar-refractivity contribution in [2.45, 2.75) is 58.0 Å². The van der Waals surface area contributed by atoms with Crippen LogP contribution in [0.1, 0.15) is 56.1 Å². The van der Waals surface area contributed by atoms with Crippen molar-refractivity contribution in [3.05, 3.63) is 41.5 Å². The van der Waals surface area contributed by atoms with Crippen LogP contribution in [0.5, 0.6) is 0 Å². The smallest absolute Gasteiger partial charge is 0.0571 e. The summed E-state index contributed by atoms with van der Waals surface area (Å²) in [5, 5.41) is 0. The van der Waals surface area contributed by atoms with Gasteiger partial charge in [0.1, 0.15) is 0 Å². The zero-order valence-electron chi connectivity index (χ0n) is 13.5. The highest BCUT2D eigenvalue weighted by Gasteiger charge is 2.28. The molecule has 0 spiro atoms. The van der Waals surface area contributed by atoms with Gasteiger partial charge in [0.25, 0.3) is 0 Å². The fraction of sp³-hybridized carbons (Fsp3) is 0.600. The fourth-order valence-corrected chi connectivity index (χ4v) is 4.11. The summed E-state index contributed by atoms with van der Waals surface area (Å²) >= 11 is 0. The van der Waals surface area contributed by atoms with Crippen molar-refractivity contribution >= 4 is 5.57 Å². The van der Waals surface area contributed by atoms with E-state index < -0.39 is 0 Å². The summed E-state index contributed by atoms with van der Waals surface area (Å²) in [6.07, 6.45) is 12.3. The maximum atomic E-state index is 5.50. The molecular weight excluding hydrogens is 256 g/mol. The Kier molecular flexibility index (Phi) is 4.80. The lowest BCUT2D eigenvalue weighted by Crippen LogP contribution is -2.26. The topological polar surface area (TPSA) is 9.23 Å². The van der Waals surface area contributed by atoms with Crippen LogP contribution in [-0.4, -0.2) is 13.2 Å². The second-order valence-electron chi connectivity index (χ2n) is 6.90. The molecule has 21 heavy (non-hydrogen) atoms. The second kappa shape index (κ2) is 6.79. The molecule has 0 aliphatic heterocycles. The number of allylic oxidation sites excluding steroid dienone is 2. The van der Waals surface area contributed by atoms with E-state index in [9.17, 15) is 0 Å².